The van der Waals surface area contributed by atoms with Crippen molar-refractivity contribution < 1.29 is 9.53 Å². The van der Waals surface area contributed by atoms with Crippen molar-refractivity contribution in [3.05, 3.63) is 42.5 Å². The maximum Gasteiger partial charge on any atom is 0.279 e. The molecule has 0 aromatic heterocycles. The lowest BCUT2D eigenvalue weighted by Gasteiger charge is -2.17. The van der Waals surface area contributed by atoms with E-state index >= 15 is 0 Å². The van der Waals surface area contributed by atoms with Gasteiger partial charge in [-0.1, -0.05) is 30.3 Å². The monoisotopic (exact) mass is 374 g/mol. The molecule has 0 aliphatic rings. The average Bonchev–Trinajstić information content (AvgIpc) is 2.63. The highest BCUT2D eigenvalue weighted by molar-refractivity contribution is 7.80. The lowest BCUT2D eigenvalue weighted by atomic mass is 10.1. The van der Waals surface area contributed by atoms with E-state index in [2.05, 4.69) is 21.1 Å². The quantitative estimate of drug-likeness (QED) is 0.392. The van der Waals surface area contributed by atoms with E-state index in [1.807, 2.05) is 56.6 Å². The molecule has 2 rings (SSSR count). The van der Waals surface area contributed by atoms with Crippen molar-refractivity contribution in [2.24, 2.45) is 0 Å². The number of carbonyl (C=O) groups excluding carboxylic acids is 1. The third-order valence-electron chi connectivity index (χ3n) is 3.77. The highest BCUT2D eigenvalue weighted by Crippen LogP contribution is 2.21. The Bertz CT molecular complexity index is 751. The third-order valence-corrected chi connectivity index (χ3v) is 4.02. The zero-order valence-electron chi connectivity index (χ0n) is 15.4. The maximum atomic E-state index is 12.1. The molecule has 0 spiro atoms. The molecule has 2 aromatic rings. The van der Waals surface area contributed by atoms with Gasteiger partial charge in [-0.05, 0) is 69.1 Å². The van der Waals surface area contributed by atoms with Crippen molar-refractivity contribution >= 4 is 34.0 Å². The van der Waals surface area contributed by atoms with E-state index in [4.69, 9.17) is 17.0 Å². The lowest BCUT2D eigenvalue weighted by molar-refractivity contribution is -0.127. The Morgan fingerprint density at radius 3 is 2.62 bits per heavy atom. The number of rotatable bonds is 7. The largest absolute Gasteiger partial charge is 0.481 e. The Morgan fingerprint density at radius 1 is 1.15 bits per heavy atom. The average molecular weight is 375 g/mol. The number of benzene rings is 2. The summed E-state index contributed by atoms with van der Waals surface area (Å²) in [6.07, 6.45) is 0.310. The van der Waals surface area contributed by atoms with E-state index in [0.29, 0.717) is 10.9 Å². The summed E-state index contributed by atoms with van der Waals surface area (Å²) in [6.45, 7) is 3.40. The van der Waals surface area contributed by atoms with E-state index in [1.165, 1.54) is 0 Å². The first-order chi connectivity index (χ1) is 12.5. The fourth-order valence-corrected chi connectivity index (χ4v) is 2.51. The highest BCUT2D eigenvalue weighted by Gasteiger charge is 2.14. The van der Waals surface area contributed by atoms with Gasteiger partial charge in [0, 0.05) is 6.54 Å². The molecule has 0 bridgehead atoms. The Balaban J connectivity index is 1.75. The van der Waals surface area contributed by atoms with Crippen molar-refractivity contribution in [3.8, 4) is 5.75 Å². The van der Waals surface area contributed by atoms with Crippen LogP contribution in [0.3, 0.4) is 0 Å². The van der Waals surface area contributed by atoms with Crippen LogP contribution in [0.2, 0.25) is 0 Å². The highest BCUT2D eigenvalue weighted by atomic mass is 32.1. The molecule has 0 fully saturated rings. The van der Waals surface area contributed by atoms with Crippen molar-refractivity contribution in [2.45, 2.75) is 19.4 Å². The molecule has 0 aliphatic carbocycles. The number of fused-ring (bicyclic) bond motifs is 1. The Hall–Kier alpha value is -2.38. The second-order valence-electron chi connectivity index (χ2n) is 6.30. The van der Waals surface area contributed by atoms with Gasteiger partial charge in [-0.15, -0.1) is 0 Å². The number of ether oxygens (including phenoxy) is 1. The number of amides is 1. The molecule has 140 valence electrons. The second kappa shape index (κ2) is 9.94. The lowest BCUT2D eigenvalue weighted by Crippen LogP contribution is -2.50. The van der Waals surface area contributed by atoms with E-state index in [-0.39, 0.29) is 5.91 Å². The number of hydrogen-bond donors (Lipinski definition) is 3. The normalized spacial score (nSPS) is 11.8. The Kier molecular flexibility index (Phi) is 7.62. The topological polar surface area (TPSA) is 65.6 Å². The Labute approximate surface area is 159 Å². The van der Waals surface area contributed by atoms with Gasteiger partial charge < -0.3 is 15.0 Å². The van der Waals surface area contributed by atoms with E-state index in [0.717, 1.165) is 30.3 Å². The summed E-state index contributed by atoms with van der Waals surface area (Å²) in [5.74, 6) is 0.353. The van der Waals surface area contributed by atoms with Gasteiger partial charge in [-0.3, -0.25) is 15.6 Å². The zero-order chi connectivity index (χ0) is 18.9. The Morgan fingerprint density at radius 2 is 1.88 bits per heavy atom. The molecular weight excluding hydrogens is 348 g/mol. The molecule has 0 aliphatic heterocycles. The van der Waals surface area contributed by atoms with E-state index in [1.54, 1.807) is 6.92 Å². The second-order valence-corrected chi connectivity index (χ2v) is 6.70. The van der Waals surface area contributed by atoms with Crippen LogP contribution in [0, 0.1) is 0 Å². The molecular formula is C19H26N4O2S. The standard InChI is InChI=1S/C19H26N4O2S/c1-14(18(24)21-22-19(26)20-11-6-12-23(2)3)25-17-10-9-15-7-4-5-8-16(15)13-17/h4-5,7-10,13-14H,6,11-12H2,1-3H3,(H,21,24)(H2,20,22,26)/t14-/m0/s1. The van der Waals surface area contributed by atoms with Crippen LogP contribution in [-0.4, -0.2) is 49.2 Å². The summed E-state index contributed by atoms with van der Waals surface area (Å²) < 4.78 is 5.72. The van der Waals surface area contributed by atoms with Gasteiger partial charge in [0.25, 0.3) is 5.91 Å². The summed E-state index contributed by atoms with van der Waals surface area (Å²) in [6, 6.07) is 13.8. The summed E-state index contributed by atoms with van der Waals surface area (Å²) in [7, 11) is 4.04. The van der Waals surface area contributed by atoms with Gasteiger partial charge in [0.05, 0.1) is 0 Å². The van der Waals surface area contributed by atoms with Crippen LogP contribution in [0.1, 0.15) is 13.3 Å². The first-order valence-electron chi connectivity index (χ1n) is 8.59. The summed E-state index contributed by atoms with van der Waals surface area (Å²) in [4.78, 5) is 14.2. The van der Waals surface area contributed by atoms with Crippen LogP contribution in [0.4, 0.5) is 0 Å². The van der Waals surface area contributed by atoms with Crippen LogP contribution in [-0.2, 0) is 4.79 Å². The van der Waals surface area contributed by atoms with Gasteiger partial charge in [0.15, 0.2) is 11.2 Å². The molecule has 2 aromatic carbocycles. The number of hydrazine groups is 1. The minimum atomic E-state index is -0.653. The molecule has 0 saturated heterocycles. The van der Waals surface area contributed by atoms with Gasteiger partial charge in [-0.25, -0.2) is 0 Å². The minimum Gasteiger partial charge on any atom is -0.481 e. The smallest absolute Gasteiger partial charge is 0.279 e. The zero-order valence-corrected chi connectivity index (χ0v) is 16.2. The van der Waals surface area contributed by atoms with Crippen LogP contribution >= 0.6 is 12.2 Å². The summed E-state index contributed by atoms with van der Waals surface area (Å²) in [5, 5.41) is 5.62. The van der Waals surface area contributed by atoms with E-state index < -0.39 is 6.10 Å². The molecule has 1 amide bonds. The maximum absolute atomic E-state index is 12.1. The van der Waals surface area contributed by atoms with Crippen molar-refractivity contribution in [3.63, 3.8) is 0 Å². The molecule has 26 heavy (non-hydrogen) atoms. The van der Waals surface area contributed by atoms with Crippen LogP contribution in [0.25, 0.3) is 10.8 Å². The van der Waals surface area contributed by atoms with E-state index in [9.17, 15) is 4.79 Å². The van der Waals surface area contributed by atoms with Gasteiger partial charge in [0.1, 0.15) is 5.75 Å². The van der Waals surface area contributed by atoms with Crippen LogP contribution in [0.15, 0.2) is 42.5 Å². The predicted molar refractivity (Wildman–Crippen MR) is 109 cm³/mol. The number of hydrogen-bond acceptors (Lipinski definition) is 4. The molecule has 0 radical (unpaired) electrons. The molecule has 0 saturated carbocycles. The molecule has 0 heterocycles. The molecule has 3 N–H and O–H groups in total. The molecule has 0 unspecified atom stereocenters. The van der Waals surface area contributed by atoms with Crippen LogP contribution < -0.4 is 20.9 Å². The van der Waals surface area contributed by atoms with Crippen molar-refractivity contribution in [1.82, 2.24) is 21.1 Å². The molecule has 6 nitrogen and oxygen atoms in total. The fraction of sp³-hybridized carbons (Fsp3) is 0.368. The first kappa shape index (κ1) is 19.9. The molecule has 1 atom stereocenters. The third kappa shape index (κ3) is 6.50. The molecule has 7 heteroatoms. The summed E-state index contributed by atoms with van der Waals surface area (Å²) >= 11 is 5.13. The number of nitrogens with one attached hydrogen (secondary N) is 3. The summed E-state index contributed by atoms with van der Waals surface area (Å²) in [5.41, 5.74) is 5.26. The van der Waals surface area contributed by atoms with Gasteiger partial charge in [0.2, 0.25) is 0 Å². The fourth-order valence-electron chi connectivity index (χ4n) is 2.36. The number of carbonyl (C=O) groups is 1. The number of thiocarbonyl (C=S) groups is 1. The number of nitrogens with zero attached hydrogens (tertiary/aromatic N) is 1. The SMILES string of the molecule is C[C@H](Oc1ccc2ccccc2c1)C(=O)NNC(=S)NCCCN(C)C. The van der Waals surface area contributed by atoms with Gasteiger partial charge >= 0.3 is 0 Å². The predicted octanol–water partition coefficient (Wildman–Crippen LogP) is 2.05. The van der Waals surface area contributed by atoms with Gasteiger partial charge in [-0.2, -0.15) is 0 Å². The minimum absolute atomic E-state index is 0.296. The van der Waals surface area contributed by atoms with Crippen LogP contribution in [0.5, 0.6) is 5.75 Å². The van der Waals surface area contributed by atoms with Crippen molar-refractivity contribution in [2.75, 3.05) is 27.2 Å². The van der Waals surface area contributed by atoms with Crippen molar-refractivity contribution in [1.29, 1.82) is 0 Å². The first-order valence-corrected chi connectivity index (χ1v) is 9.00.